The van der Waals surface area contributed by atoms with Gasteiger partial charge < -0.3 is 4.74 Å². The second-order valence-electron chi connectivity index (χ2n) is 7.58. The molecule has 5 aliphatic rings. The third-order valence-corrected chi connectivity index (χ3v) is 6.36. The van der Waals surface area contributed by atoms with E-state index in [4.69, 9.17) is 4.74 Å². The van der Waals surface area contributed by atoms with Crippen molar-refractivity contribution in [2.24, 2.45) is 40.6 Å². The van der Waals surface area contributed by atoms with Crippen molar-refractivity contribution < 1.29 is 19.2 Å². The largest absolute Gasteiger partial charge is 0.490 e. The van der Waals surface area contributed by atoms with Crippen LogP contribution < -0.4 is 4.74 Å². The smallest absolute Gasteiger partial charge is 0.311 e. The van der Waals surface area contributed by atoms with E-state index in [2.05, 4.69) is 17.3 Å². The van der Waals surface area contributed by atoms with E-state index in [9.17, 15) is 19.7 Å². The van der Waals surface area contributed by atoms with Gasteiger partial charge in [0.25, 0.3) is 11.8 Å². The van der Waals surface area contributed by atoms with Crippen molar-refractivity contribution in [2.75, 3.05) is 7.11 Å². The molecule has 138 valence electrons. The van der Waals surface area contributed by atoms with Gasteiger partial charge in [-0.25, -0.2) is 0 Å². The number of imide groups is 1. The average Bonchev–Trinajstić information content (AvgIpc) is 3.45. The summed E-state index contributed by atoms with van der Waals surface area (Å²) in [6, 6.07) is 4.36. The van der Waals surface area contributed by atoms with E-state index >= 15 is 0 Å². The van der Waals surface area contributed by atoms with E-state index in [1.807, 2.05) is 0 Å². The maximum Gasteiger partial charge on any atom is 0.311 e. The third kappa shape index (κ3) is 2.19. The summed E-state index contributed by atoms with van der Waals surface area (Å²) in [7, 11) is 1.35. The predicted octanol–water partition coefficient (Wildman–Crippen LogP) is 1.99. The maximum absolute atomic E-state index is 12.8. The van der Waals surface area contributed by atoms with Crippen LogP contribution in [0.3, 0.4) is 0 Å². The Morgan fingerprint density at radius 2 is 1.81 bits per heavy atom. The van der Waals surface area contributed by atoms with Gasteiger partial charge in [-0.05, 0) is 42.2 Å². The quantitative estimate of drug-likeness (QED) is 0.266. The van der Waals surface area contributed by atoms with Crippen molar-refractivity contribution in [1.29, 1.82) is 0 Å². The Kier molecular flexibility index (Phi) is 3.28. The van der Waals surface area contributed by atoms with E-state index in [0.717, 1.165) is 11.4 Å². The van der Waals surface area contributed by atoms with Crippen molar-refractivity contribution in [2.45, 2.75) is 6.42 Å². The zero-order valence-corrected chi connectivity index (χ0v) is 14.5. The van der Waals surface area contributed by atoms with Gasteiger partial charge in [-0.2, -0.15) is 10.1 Å². The van der Waals surface area contributed by atoms with Crippen LogP contribution in [0.5, 0.6) is 5.75 Å². The summed E-state index contributed by atoms with van der Waals surface area (Å²) in [5.74, 6) is 0.364. The Hall–Kier alpha value is -3.03. The van der Waals surface area contributed by atoms with Crippen LogP contribution >= 0.6 is 0 Å². The molecular weight excluding hydrogens is 350 g/mol. The number of hydrogen-bond donors (Lipinski definition) is 0. The predicted molar refractivity (Wildman–Crippen MR) is 93.8 cm³/mol. The van der Waals surface area contributed by atoms with Crippen LogP contribution in [0.4, 0.5) is 5.69 Å². The minimum Gasteiger partial charge on any atom is -0.490 e. The lowest BCUT2D eigenvalue weighted by Crippen LogP contribution is -2.40. The second-order valence-corrected chi connectivity index (χ2v) is 7.58. The fourth-order valence-electron chi connectivity index (χ4n) is 5.11. The first kappa shape index (κ1) is 16.2. The number of rotatable bonds is 4. The molecule has 1 heterocycles. The van der Waals surface area contributed by atoms with Crippen LogP contribution in [0.25, 0.3) is 0 Å². The van der Waals surface area contributed by atoms with E-state index in [0.29, 0.717) is 17.4 Å². The minimum absolute atomic E-state index is 0.137. The number of nitrogens with zero attached hydrogens (tertiary/aromatic N) is 3. The van der Waals surface area contributed by atoms with Crippen molar-refractivity contribution in [3.05, 3.63) is 46.0 Å². The molecule has 2 saturated carbocycles. The highest BCUT2D eigenvalue weighted by Gasteiger charge is 2.67. The fourth-order valence-corrected chi connectivity index (χ4v) is 5.11. The van der Waals surface area contributed by atoms with Crippen LogP contribution in [0.2, 0.25) is 0 Å². The zero-order valence-electron chi connectivity index (χ0n) is 14.5. The van der Waals surface area contributed by atoms with Crippen LogP contribution in [-0.4, -0.2) is 35.1 Å². The van der Waals surface area contributed by atoms with Gasteiger partial charge >= 0.3 is 5.69 Å². The first-order valence-corrected chi connectivity index (χ1v) is 8.94. The van der Waals surface area contributed by atoms with E-state index in [1.165, 1.54) is 25.5 Å². The molecule has 2 bridgehead atoms. The first-order valence-electron chi connectivity index (χ1n) is 8.94. The third-order valence-electron chi connectivity index (χ3n) is 6.36. The summed E-state index contributed by atoms with van der Waals surface area (Å²) < 4.78 is 4.97. The number of hydrazone groups is 1. The van der Waals surface area contributed by atoms with E-state index in [1.54, 1.807) is 6.07 Å². The summed E-state index contributed by atoms with van der Waals surface area (Å²) >= 11 is 0. The van der Waals surface area contributed by atoms with Gasteiger partial charge in [-0.15, -0.1) is 0 Å². The molecule has 3 fully saturated rings. The summed E-state index contributed by atoms with van der Waals surface area (Å²) in [6.07, 6.45) is 6.63. The highest BCUT2D eigenvalue weighted by atomic mass is 16.6. The lowest BCUT2D eigenvalue weighted by molar-refractivity contribution is -0.385. The molecule has 6 atom stereocenters. The van der Waals surface area contributed by atoms with Gasteiger partial charge in [0.2, 0.25) is 0 Å². The van der Waals surface area contributed by atoms with Crippen molar-refractivity contribution in [3.8, 4) is 5.75 Å². The Morgan fingerprint density at radius 3 is 2.37 bits per heavy atom. The molecule has 1 aliphatic heterocycles. The molecule has 1 saturated heterocycles. The lowest BCUT2D eigenvalue weighted by Gasteiger charge is -2.37. The zero-order chi connectivity index (χ0) is 18.9. The molecule has 0 radical (unpaired) electrons. The Balaban J connectivity index is 1.42. The molecule has 0 aromatic heterocycles. The molecular formula is C19H17N3O5. The number of nitro benzene ring substituents is 1. The molecule has 0 spiro atoms. The minimum atomic E-state index is -0.549. The van der Waals surface area contributed by atoms with E-state index < -0.39 is 4.92 Å². The molecule has 6 rings (SSSR count). The van der Waals surface area contributed by atoms with Crippen LogP contribution in [0.15, 0.2) is 35.5 Å². The summed E-state index contributed by atoms with van der Waals surface area (Å²) in [5.41, 5.74) is 0.221. The van der Waals surface area contributed by atoms with Crippen LogP contribution in [0, 0.1) is 45.6 Å². The van der Waals surface area contributed by atoms with Crippen LogP contribution in [-0.2, 0) is 9.59 Å². The Labute approximate surface area is 154 Å². The second kappa shape index (κ2) is 5.48. The van der Waals surface area contributed by atoms with Gasteiger partial charge in [0, 0.05) is 11.6 Å². The number of nitro groups is 1. The molecule has 27 heavy (non-hydrogen) atoms. The number of amides is 2. The molecule has 0 N–H and O–H groups in total. The number of benzene rings is 1. The Morgan fingerprint density at radius 1 is 1.19 bits per heavy atom. The lowest BCUT2D eigenvalue weighted by atomic mass is 9.63. The summed E-state index contributed by atoms with van der Waals surface area (Å²) in [4.78, 5) is 36.2. The van der Waals surface area contributed by atoms with Gasteiger partial charge in [0.15, 0.2) is 5.75 Å². The number of methoxy groups -OCH3 is 1. The average molecular weight is 367 g/mol. The molecule has 0 unspecified atom stereocenters. The van der Waals surface area contributed by atoms with Crippen molar-refractivity contribution >= 4 is 23.7 Å². The highest BCUT2D eigenvalue weighted by Crippen LogP contribution is 2.65. The SMILES string of the molecule is COc1ccc(/C=N\N2C(=O)[C@@H]3[C@@H]4C=C[C@H]([C@@H]5C[C@H]45)[C@H]3C2=O)cc1[N+](=O)[O-]. The van der Waals surface area contributed by atoms with Gasteiger partial charge in [0.1, 0.15) is 0 Å². The van der Waals surface area contributed by atoms with E-state index in [-0.39, 0.29) is 46.9 Å². The molecule has 1 aromatic carbocycles. The first-order chi connectivity index (χ1) is 13.0. The van der Waals surface area contributed by atoms with Crippen molar-refractivity contribution in [1.82, 2.24) is 5.01 Å². The number of hydrogen-bond acceptors (Lipinski definition) is 6. The van der Waals surface area contributed by atoms with Gasteiger partial charge in [0.05, 0.1) is 30.1 Å². The number of carbonyl (C=O) groups is 2. The number of ether oxygens (including phenoxy) is 1. The number of allylic oxidation sites excluding steroid dienone is 2. The number of carbonyl (C=O) groups excluding carboxylic acids is 2. The maximum atomic E-state index is 12.8. The molecule has 4 aliphatic carbocycles. The van der Waals surface area contributed by atoms with Crippen LogP contribution in [0.1, 0.15) is 12.0 Å². The van der Waals surface area contributed by atoms with Gasteiger partial charge in [-0.1, -0.05) is 12.2 Å². The highest BCUT2D eigenvalue weighted by molar-refractivity contribution is 6.06. The fraction of sp³-hybridized carbons (Fsp3) is 0.421. The summed E-state index contributed by atoms with van der Waals surface area (Å²) in [5, 5.41) is 16.2. The molecule has 2 amide bonds. The monoisotopic (exact) mass is 367 g/mol. The van der Waals surface area contributed by atoms with Crippen molar-refractivity contribution in [3.63, 3.8) is 0 Å². The van der Waals surface area contributed by atoms with Gasteiger partial charge in [-0.3, -0.25) is 19.7 Å². The standard InChI is InChI=1S/C19H17N3O5/c1-27-15-5-2-9(6-14(15)22(25)26)8-20-21-18(23)16-10-3-4-11(13-7-12(10)13)17(16)19(21)24/h2-6,8,10-13,16-17H,7H2,1H3/b20-8-/t10-,11-,12-,13+,16-,17-/m1/s1. The Bertz CT molecular complexity index is 903. The molecule has 8 heteroatoms. The molecule has 1 aromatic rings. The summed E-state index contributed by atoms with van der Waals surface area (Å²) in [6.45, 7) is 0. The topological polar surface area (TPSA) is 102 Å². The normalized spacial score (nSPS) is 35.5. The molecule has 8 nitrogen and oxygen atoms in total.